The molecule has 0 saturated carbocycles. The van der Waals surface area contributed by atoms with Gasteiger partial charge < -0.3 is 4.74 Å². The lowest BCUT2D eigenvalue weighted by molar-refractivity contribution is -0.137. The van der Waals surface area contributed by atoms with Gasteiger partial charge in [0, 0.05) is 0 Å². The largest absolute Gasteiger partial charge is 0.462 e. The molecule has 2 nitrogen and oxygen atoms in total. The molecule has 0 saturated heterocycles. The van der Waals surface area contributed by atoms with Gasteiger partial charge in [-0.1, -0.05) is 31.5 Å². The third kappa shape index (κ3) is 5.19. The van der Waals surface area contributed by atoms with Crippen LogP contribution in [0.25, 0.3) is 0 Å². The Morgan fingerprint density at radius 1 is 1.58 bits per heavy atom. The first-order valence-electron chi connectivity index (χ1n) is 4.10. The van der Waals surface area contributed by atoms with E-state index in [1.54, 1.807) is 13.0 Å². The minimum Gasteiger partial charge on any atom is -0.462 e. The van der Waals surface area contributed by atoms with E-state index in [-0.39, 0.29) is 5.03 Å². The van der Waals surface area contributed by atoms with Crippen LogP contribution in [-0.4, -0.2) is 12.6 Å². The Balaban J connectivity index is 3.90. The van der Waals surface area contributed by atoms with Crippen LogP contribution in [0.3, 0.4) is 0 Å². The van der Waals surface area contributed by atoms with E-state index in [0.717, 1.165) is 6.42 Å². The molecule has 70 valence electrons. The molecule has 0 aliphatic rings. The van der Waals surface area contributed by atoms with Crippen molar-refractivity contribution in [3.8, 4) is 0 Å². The van der Waals surface area contributed by atoms with Crippen molar-refractivity contribution in [3.05, 3.63) is 11.1 Å². The van der Waals surface area contributed by atoms with Crippen LogP contribution >= 0.6 is 11.6 Å². The van der Waals surface area contributed by atoms with Crippen LogP contribution in [0.5, 0.6) is 0 Å². The van der Waals surface area contributed by atoms with E-state index < -0.39 is 5.97 Å². The van der Waals surface area contributed by atoms with E-state index in [9.17, 15) is 4.79 Å². The summed E-state index contributed by atoms with van der Waals surface area (Å²) in [5.74, 6) is 0.0768. The molecule has 0 aromatic carbocycles. The summed E-state index contributed by atoms with van der Waals surface area (Å²) >= 11 is 5.64. The zero-order valence-corrected chi connectivity index (χ0v) is 8.52. The summed E-state index contributed by atoms with van der Waals surface area (Å²) in [4.78, 5) is 10.9. The number of hydrogen-bond acceptors (Lipinski definition) is 2. The van der Waals surface area contributed by atoms with Gasteiger partial charge in [0.05, 0.1) is 6.61 Å². The van der Waals surface area contributed by atoms with E-state index >= 15 is 0 Å². The number of esters is 1. The number of carbonyl (C=O) groups is 1. The Kier molecular flexibility index (Phi) is 5.81. The molecule has 0 radical (unpaired) electrons. The monoisotopic (exact) mass is 190 g/mol. The Morgan fingerprint density at radius 3 is 2.58 bits per heavy atom. The predicted molar refractivity (Wildman–Crippen MR) is 50.0 cm³/mol. The molecule has 0 spiro atoms. The van der Waals surface area contributed by atoms with E-state index in [2.05, 4.69) is 13.8 Å². The quantitative estimate of drug-likeness (QED) is 0.503. The number of halogens is 1. The fourth-order valence-electron chi connectivity index (χ4n) is 0.623. The lowest BCUT2D eigenvalue weighted by atomic mass is 10.1. The zero-order valence-electron chi connectivity index (χ0n) is 7.76. The van der Waals surface area contributed by atoms with Crippen molar-refractivity contribution in [3.63, 3.8) is 0 Å². The molecule has 0 aromatic heterocycles. The normalized spacial score (nSPS) is 11.9. The number of allylic oxidation sites excluding steroid dienone is 1. The van der Waals surface area contributed by atoms with Crippen LogP contribution in [0, 0.1) is 5.92 Å². The molecule has 0 N–H and O–H groups in total. The van der Waals surface area contributed by atoms with E-state index in [0.29, 0.717) is 12.5 Å². The van der Waals surface area contributed by atoms with Crippen molar-refractivity contribution >= 4 is 17.6 Å². The van der Waals surface area contributed by atoms with Gasteiger partial charge in [-0.15, -0.1) is 0 Å². The molecule has 12 heavy (non-hydrogen) atoms. The SMILES string of the molecule is CCOC(=O)/C(Cl)=C/CC(C)C. The van der Waals surface area contributed by atoms with Crippen molar-refractivity contribution in [2.24, 2.45) is 5.92 Å². The van der Waals surface area contributed by atoms with Crippen LogP contribution in [0.2, 0.25) is 0 Å². The maximum atomic E-state index is 10.9. The average Bonchev–Trinajstić information content (AvgIpc) is 2.00. The molecule has 3 heteroatoms. The molecule has 0 aliphatic heterocycles. The first-order valence-corrected chi connectivity index (χ1v) is 4.48. The molecule has 0 aromatic rings. The van der Waals surface area contributed by atoms with Crippen LogP contribution in [-0.2, 0) is 9.53 Å². The lowest BCUT2D eigenvalue weighted by Gasteiger charge is -2.01. The Morgan fingerprint density at radius 2 is 2.17 bits per heavy atom. The van der Waals surface area contributed by atoms with Crippen molar-refractivity contribution in [1.82, 2.24) is 0 Å². The van der Waals surface area contributed by atoms with E-state index in [1.807, 2.05) is 0 Å². The maximum absolute atomic E-state index is 10.9. The first-order chi connectivity index (χ1) is 5.57. The summed E-state index contributed by atoms with van der Waals surface area (Å²) in [5.41, 5.74) is 0. The molecule has 0 atom stereocenters. The highest BCUT2D eigenvalue weighted by molar-refractivity contribution is 6.41. The average molecular weight is 191 g/mol. The number of rotatable bonds is 4. The molecule has 0 bridgehead atoms. The summed E-state index contributed by atoms with van der Waals surface area (Å²) in [6, 6.07) is 0. The second-order valence-electron chi connectivity index (χ2n) is 2.90. The Hall–Kier alpha value is -0.500. The summed E-state index contributed by atoms with van der Waals surface area (Å²) < 4.78 is 4.70. The zero-order chi connectivity index (χ0) is 9.56. The highest BCUT2D eigenvalue weighted by atomic mass is 35.5. The van der Waals surface area contributed by atoms with Crippen molar-refractivity contribution in [2.75, 3.05) is 6.61 Å². The van der Waals surface area contributed by atoms with Gasteiger partial charge in [0.2, 0.25) is 0 Å². The van der Waals surface area contributed by atoms with Gasteiger partial charge in [0.1, 0.15) is 5.03 Å². The second kappa shape index (κ2) is 6.06. The minimum atomic E-state index is -0.431. The van der Waals surface area contributed by atoms with Crippen LogP contribution < -0.4 is 0 Å². The van der Waals surface area contributed by atoms with Gasteiger partial charge in [-0.25, -0.2) is 4.79 Å². The fourth-order valence-corrected chi connectivity index (χ4v) is 0.766. The molecule has 0 rings (SSSR count). The summed E-state index contributed by atoms with van der Waals surface area (Å²) in [6.45, 7) is 6.24. The molecule has 0 amide bonds. The molecule has 0 unspecified atom stereocenters. The van der Waals surface area contributed by atoms with Gasteiger partial charge >= 0.3 is 5.97 Å². The smallest absolute Gasteiger partial charge is 0.349 e. The number of carbonyl (C=O) groups excluding carboxylic acids is 1. The maximum Gasteiger partial charge on any atom is 0.349 e. The van der Waals surface area contributed by atoms with Crippen molar-refractivity contribution < 1.29 is 9.53 Å². The number of ether oxygens (including phenoxy) is 1. The topological polar surface area (TPSA) is 26.3 Å². The Labute approximate surface area is 78.5 Å². The van der Waals surface area contributed by atoms with Gasteiger partial charge in [-0.3, -0.25) is 0 Å². The van der Waals surface area contributed by atoms with Crippen molar-refractivity contribution in [2.45, 2.75) is 27.2 Å². The highest BCUT2D eigenvalue weighted by Gasteiger charge is 2.06. The molecular weight excluding hydrogens is 176 g/mol. The predicted octanol–water partition coefficient (Wildman–Crippen LogP) is 2.72. The molecule has 0 heterocycles. The van der Waals surface area contributed by atoms with Gasteiger partial charge in [-0.05, 0) is 19.3 Å². The molecule has 0 fully saturated rings. The third-order valence-electron chi connectivity index (χ3n) is 1.24. The van der Waals surface area contributed by atoms with E-state index in [4.69, 9.17) is 16.3 Å². The first kappa shape index (κ1) is 11.5. The fraction of sp³-hybridized carbons (Fsp3) is 0.667. The van der Waals surface area contributed by atoms with E-state index in [1.165, 1.54) is 0 Å². The standard InChI is InChI=1S/C9H15ClO2/c1-4-12-9(11)8(10)6-5-7(2)3/h6-7H,4-5H2,1-3H3/b8-6-. The molecule has 0 aliphatic carbocycles. The summed E-state index contributed by atoms with van der Waals surface area (Å²) in [6.07, 6.45) is 2.50. The summed E-state index contributed by atoms with van der Waals surface area (Å²) in [7, 11) is 0. The van der Waals surface area contributed by atoms with Crippen LogP contribution in [0.1, 0.15) is 27.2 Å². The van der Waals surface area contributed by atoms with Crippen LogP contribution in [0.4, 0.5) is 0 Å². The van der Waals surface area contributed by atoms with Crippen LogP contribution in [0.15, 0.2) is 11.1 Å². The Bertz CT molecular complexity index is 173. The minimum absolute atomic E-state index is 0.186. The summed E-state index contributed by atoms with van der Waals surface area (Å²) in [5, 5.41) is 0.186. The van der Waals surface area contributed by atoms with Gasteiger partial charge in [-0.2, -0.15) is 0 Å². The van der Waals surface area contributed by atoms with Crippen molar-refractivity contribution in [1.29, 1.82) is 0 Å². The van der Waals surface area contributed by atoms with Gasteiger partial charge in [0.15, 0.2) is 0 Å². The van der Waals surface area contributed by atoms with Gasteiger partial charge in [0.25, 0.3) is 0 Å². The highest BCUT2D eigenvalue weighted by Crippen LogP contribution is 2.09. The second-order valence-corrected chi connectivity index (χ2v) is 3.31. The third-order valence-corrected chi connectivity index (χ3v) is 1.55. The molecular formula is C9H15ClO2. The number of hydrogen-bond donors (Lipinski definition) is 0. The lowest BCUT2D eigenvalue weighted by Crippen LogP contribution is -2.03.